The zero-order valence-corrected chi connectivity index (χ0v) is 34.1. The number of nitrogens with zero attached hydrogens (tertiary/aromatic N) is 3. The highest BCUT2D eigenvalue weighted by Gasteiger charge is 2.76. The van der Waals surface area contributed by atoms with E-state index in [1.165, 1.54) is 15.9 Å². The SMILES string of the molecule is CCCCCC1(CCCCC)O[C@@H]2[C@H](O1)[C@H]1ON(Cc3ccccc3C=CC(=O)N(C)C)[C@@H]3C(=O)O[C@@H]2C[C@]13C(=O)N(C)[C@H](Cc1ccccc1)C(=O)NCCO. The van der Waals surface area contributed by atoms with Crippen LogP contribution in [0.2, 0.25) is 0 Å². The molecule has 2 N–H and O–H groups in total. The molecule has 3 saturated heterocycles. The summed E-state index contributed by atoms with van der Waals surface area (Å²) in [6.45, 7) is 4.16. The van der Waals surface area contributed by atoms with Crippen LogP contribution in [0.4, 0.5) is 0 Å². The number of esters is 1. The number of amides is 3. The Kier molecular flexibility index (Phi) is 13.9. The van der Waals surface area contributed by atoms with E-state index in [1.807, 2.05) is 54.6 Å². The molecule has 4 aliphatic rings. The molecule has 2 bridgehead atoms. The average molecular weight is 789 g/mol. The van der Waals surface area contributed by atoms with Crippen LogP contribution in [0.1, 0.15) is 88.3 Å². The Morgan fingerprint density at radius 1 is 0.947 bits per heavy atom. The normalized spacial score (nSPS) is 26.5. The molecule has 7 atom stereocenters. The highest BCUT2D eigenvalue weighted by atomic mass is 16.8. The predicted molar refractivity (Wildman–Crippen MR) is 213 cm³/mol. The van der Waals surface area contributed by atoms with Gasteiger partial charge in [0.1, 0.15) is 35.9 Å². The molecule has 310 valence electrons. The van der Waals surface area contributed by atoms with Gasteiger partial charge in [-0.2, -0.15) is 5.06 Å². The van der Waals surface area contributed by atoms with Crippen molar-refractivity contribution in [3.63, 3.8) is 0 Å². The number of carbonyl (C=O) groups excluding carboxylic acids is 4. The van der Waals surface area contributed by atoms with Gasteiger partial charge in [-0.15, -0.1) is 0 Å². The van der Waals surface area contributed by atoms with Gasteiger partial charge in [0.15, 0.2) is 11.8 Å². The third-order valence-electron chi connectivity index (χ3n) is 12.0. The fourth-order valence-electron chi connectivity index (χ4n) is 9.01. The first-order valence-corrected chi connectivity index (χ1v) is 20.6. The summed E-state index contributed by atoms with van der Waals surface area (Å²) in [6.07, 6.45) is 7.60. The molecule has 2 aromatic rings. The van der Waals surface area contributed by atoms with E-state index in [0.29, 0.717) is 12.8 Å². The second-order valence-electron chi connectivity index (χ2n) is 16.1. The van der Waals surface area contributed by atoms with Gasteiger partial charge < -0.3 is 34.4 Å². The number of hydrogen-bond donors (Lipinski definition) is 2. The number of aliphatic hydroxyl groups excluding tert-OH is 1. The molecule has 0 unspecified atom stereocenters. The summed E-state index contributed by atoms with van der Waals surface area (Å²) in [5.41, 5.74) is 0.861. The quantitative estimate of drug-likeness (QED) is 0.119. The lowest BCUT2D eigenvalue weighted by Crippen LogP contribution is -2.70. The summed E-state index contributed by atoms with van der Waals surface area (Å²) in [4.78, 5) is 66.2. The molecular formula is C44H60N4O9. The van der Waals surface area contributed by atoms with Gasteiger partial charge in [0.05, 0.1) is 13.2 Å². The van der Waals surface area contributed by atoms with Gasteiger partial charge in [-0.25, -0.2) is 0 Å². The van der Waals surface area contributed by atoms with Crippen LogP contribution in [0.3, 0.4) is 0 Å². The van der Waals surface area contributed by atoms with E-state index in [9.17, 15) is 19.5 Å². The van der Waals surface area contributed by atoms with E-state index >= 15 is 4.79 Å². The van der Waals surface area contributed by atoms with E-state index in [1.54, 1.807) is 32.3 Å². The first-order valence-electron chi connectivity index (χ1n) is 20.6. The van der Waals surface area contributed by atoms with Gasteiger partial charge in [0.25, 0.3) is 0 Å². The van der Waals surface area contributed by atoms with Crippen LogP contribution in [0.25, 0.3) is 6.08 Å². The number of ether oxygens (including phenoxy) is 3. The minimum Gasteiger partial charge on any atom is -0.458 e. The van der Waals surface area contributed by atoms with Crippen LogP contribution in [-0.2, 0) is 51.2 Å². The maximum Gasteiger partial charge on any atom is 0.327 e. The van der Waals surface area contributed by atoms with Crippen LogP contribution < -0.4 is 5.32 Å². The summed E-state index contributed by atoms with van der Waals surface area (Å²) in [5, 5.41) is 13.9. The van der Waals surface area contributed by atoms with Crippen LogP contribution in [-0.4, -0.2) is 120 Å². The predicted octanol–water partition coefficient (Wildman–Crippen LogP) is 4.41. The number of unbranched alkanes of at least 4 members (excludes halogenated alkanes) is 4. The van der Waals surface area contributed by atoms with Gasteiger partial charge in [0.2, 0.25) is 17.7 Å². The number of fused-ring (bicyclic) bond motifs is 4. The number of hydroxylamine groups is 2. The zero-order valence-electron chi connectivity index (χ0n) is 34.1. The van der Waals surface area contributed by atoms with Crippen LogP contribution in [0, 0.1) is 5.41 Å². The average Bonchev–Trinajstić information content (AvgIpc) is 3.76. The topological polar surface area (TPSA) is 147 Å². The van der Waals surface area contributed by atoms with Gasteiger partial charge in [-0.05, 0) is 35.6 Å². The Labute approximate surface area is 336 Å². The fraction of sp³-hybridized carbons (Fsp3) is 0.591. The molecule has 1 aliphatic carbocycles. The molecule has 4 fully saturated rings. The van der Waals surface area contributed by atoms with Crippen molar-refractivity contribution >= 4 is 29.8 Å². The van der Waals surface area contributed by atoms with Gasteiger partial charge in [-0.3, -0.25) is 24.0 Å². The Morgan fingerprint density at radius 2 is 1.61 bits per heavy atom. The number of carbonyl (C=O) groups is 4. The highest BCUT2D eigenvalue weighted by Crippen LogP contribution is 2.58. The fourth-order valence-corrected chi connectivity index (χ4v) is 9.01. The van der Waals surface area contributed by atoms with Crippen LogP contribution >= 0.6 is 0 Å². The number of likely N-dealkylation sites (N-methyl/N-ethyl adjacent to an activating group) is 2. The summed E-state index contributed by atoms with van der Waals surface area (Å²) in [7, 11) is 4.96. The molecule has 13 heteroatoms. The summed E-state index contributed by atoms with van der Waals surface area (Å²) in [5.74, 6) is -2.56. The lowest BCUT2D eigenvalue weighted by atomic mass is 9.62. The molecule has 57 heavy (non-hydrogen) atoms. The second-order valence-corrected chi connectivity index (χ2v) is 16.1. The summed E-state index contributed by atoms with van der Waals surface area (Å²) >= 11 is 0. The van der Waals surface area contributed by atoms with Crippen LogP contribution in [0.5, 0.6) is 0 Å². The standard InChI is InChI=1S/C44H60N4O9/c1-6-8-15-23-43(24-16-9-7-2)55-36-34-28-44(42(53)47(5)33(40(51)45-25-26-49)27-30-17-11-10-12-18-30)38(41(52)54-34)48(57-39(44)37(36)56-43)29-32-20-14-13-19-31(32)21-22-35(50)46(3)4/h10-14,17-22,33-34,36-39,49H,6-9,15-16,23-29H2,1-5H3,(H,45,51)/t33-,34-,36+,37+,38-,39-,44-/m1/s1. The van der Waals surface area contributed by atoms with Gasteiger partial charge in [0, 0.05) is 59.4 Å². The van der Waals surface area contributed by atoms with Crippen LogP contribution in [0.15, 0.2) is 60.7 Å². The summed E-state index contributed by atoms with van der Waals surface area (Å²) < 4.78 is 20.2. The molecule has 6 rings (SSSR count). The van der Waals surface area contributed by atoms with Crippen molar-refractivity contribution in [3.8, 4) is 0 Å². The van der Waals surface area contributed by atoms with Crippen molar-refractivity contribution in [3.05, 3.63) is 77.4 Å². The second kappa shape index (κ2) is 18.6. The monoisotopic (exact) mass is 788 g/mol. The van der Waals surface area contributed by atoms with Crippen molar-refractivity contribution in [2.75, 3.05) is 34.3 Å². The first-order chi connectivity index (χ1) is 27.5. The minimum atomic E-state index is -1.50. The number of benzene rings is 2. The minimum absolute atomic E-state index is 0.0227. The third-order valence-corrected chi connectivity index (χ3v) is 12.0. The molecule has 0 spiro atoms. The smallest absolute Gasteiger partial charge is 0.327 e. The van der Waals surface area contributed by atoms with Crippen molar-refractivity contribution in [2.45, 2.75) is 127 Å². The molecule has 0 radical (unpaired) electrons. The van der Waals surface area contributed by atoms with E-state index in [2.05, 4.69) is 19.2 Å². The molecule has 3 aliphatic heterocycles. The van der Waals surface area contributed by atoms with Crippen molar-refractivity contribution in [2.24, 2.45) is 5.41 Å². The number of nitrogens with one attached hydrogen (secondary N) is 1. The Morgan fingerprint density at radius 3 is 2.28 bits per heavy atom. The zero-order chi connectivity index (χ0) is 40.7. The third kappa shape index (κ3) is 8.83. The molecule has 13 nitrogen and oxygen atoms in total. The molecular weight excluding hydrogens is 729 g/mol. The van der Waals surface area contributed by atoms with Gasteiger partial charge >= 0.3 is 5.97 Å². The molecule has 3 heterocycles. The van der Waals surface area contributed by atoms with E-state index in [0.717, 1.165) is 55.2 Å². The molecule has 0 aromatic heterocycles. The van der Waals surface area contributed by atoms with E-state index < -0.39 is 65.5 Å². The summed E-state index contributed by atoms with van der Waals surface area (Å²) in [6, 6.07) is 14.8. The van der Waals surface area contributed by atoms with Gasteiger partial charge in [-0.1, -0.05) is 94.1 Å². The lowest BCUT2D eigenvalue weighted by Gasteiger charge is -2.50. The maximum absolute atomic E-state index is 15.6. The Hall–Kier alpha value is -4.14. The largest absolute Gasteiger partial charge is 0.458 e. The number of rotatable bonds is 19. The molecule has 3 amide bonds. The molecule has 2 aromatic carbocycles. The van der Waals surface area contributed by atoms with E-state index in [4.69, 9.17) is 19.0 Å². The van der Waals surface area contributed by atoms with E-state index in [-0.39, 0.29) is 38.4 Å². The van der Waals surface area contributed by atoms with Crippen molar-refractivity contribution < 1.29 is 43.3 Å². The lowest BCUT2D eigenvalue weighted by molar-refractivity contribution is -0.225. The Balaban J connectivity index is 1.42. The molecule has 1 saturated carbocycles. The van der Waals surface area contributed by atoms with Crippen molar-refractivity contribution in [1.29, 1.82) is 0 Å². The number of hydrogen-bond acceptors (Lipinski definition) is 10. The number of aliphatic hydroxyl groups is 1. The first kappa shape index (κ1) is 42.5. The Bertz CT molecular complexity index is 1740. The maximum atomic E-state index is 15.6. The van der Waals surface area contributed by atoms with Crippen molar-refractivity contribution in [1.82, 2.24) is 20.2 Å². The highest BCUT2D eigenvalue weighted by molar-refractivity contribution is 5.96.